The number of nitrogens with two attached hydrogens (primary N) is 1. The first-order chi connectivity index (χ1) is 12.5. The maximum absolute atomic E-state index is 13.0. The molecule has 0 aliphatic carbocycles. The third kappa shape index (κ3) is 3.45. The van der Waals surface area contributed by atoms with Crippen molar-refractivity contribution in [3.63, 3.8) is 0 Å². The highest BCUT2D eigenvalue weighted by atomic mass is 35.5. The Labute approximate surface area is 160 Å². The Morgan fingerprint density at radius 1 is 1.19 bits per heavy atom. The molecule has 0 radical (unpaired) electrons. The van der Waals surface area contributed by atoms with Crippen molar-refractivity contribution in [2.75, 3.05) is 4.90 Å². The number of para-hydroxylation sites is 1. The van der Waals surface area contributed by atoms with E-state index in [9.17, 15) is 14.9 Å². The number of benzene rings is 2. The van der Waals surface area contributed by atoms with E-state index in [0.717, 1.165) is 17.3 Å². The Kier molecular flexibility index (Phi) is 5.31. The zero-order valence-corrected chi connectivity index (χ0v) is 15.1. The summed E-state index contributed by atoms with van der Waals surface area (Å²) in [5.74, 6) is -1.08. The van der Waals surface area contributed by atoms with Gasteiger partial charge in [-0.15, -0.1) is 0 Å². The number of nitriles is 1. The summed E-state index contributed by atoms with van der Waals surface area (Å²) in [5.41, 5.74) is 6.52. The Morgan fingerprint density at radius 2 is 1.85 bits per heavy atom. The summed E-state index contributed by atoms with van der Waals surface area (Å²) in [7, 11) is 0. The van der Waals surface area contributed by atoms with Crippen LogP contribution in [-0.4, -0.2) is 17.1 Å². The molecular formula is C19H14ClN3O2S. The Morgan fingerprint density at radius 3 is 2.46 bits per heavy atom. The number of carbonyl (C=O) groups is 2. The van der Waals surface area contributed by atoms with Crippen LogP contribution in [-0.2, 0) is 16.0 Å². The Hall–Kier alpha value is -2.75. The first kappa shape index (κ1) is 18.1. The van der Waals surface area contributed by atoms with E-state index >= 15 is 0 Å². The summed E-state index contributed by atoms with van der Waals surface area (Å²) in [6, 6.07) is 18.0. The number of carbonyl (C=O) groups excluding carboxylic acids is 2. The lowest BCUT2D eigenvalue weighted by Gasteiger charge is -2.18. The highest BCUT2D eigenvalue weighted by Crippen LogP contribution is 2.42. The summed E-state index contributed by atoms with van der Waals surface area (Å²) in [5, 5.41) is 9.67. The van der Waals surface area contributed by atoms with E-state index in [1.54, 1.807) is 30.3 Å². The molecule has 2 aromatic carbocycles. The second-order valence-corrected chi connectivity index (χ2v) is 7.17. The van der Waals surface area contributed by atoms with E-state index in [2.05, 4.69) is 0 Å². The lowest BCUT2D eigenvalue weighted by molar-refractivity contribution is -0.117. The van der Waals surface area contributed by atoms with Crippen LogP contribution >= 0.6 is 23.4 Å². The summed E-state index contributed by atoms with van der Waals surface area (Å²) in [6.45, 7) is 0. The first-order valence-electron chi connectivity index (χ1n) is 7.76. The van der Waals surface area contributed by atoms with Gasteiger partial charge in [-0.2, -0.15) is 5.26 Å². The minimum absolute atomic E-state index is 0.217. The Balaban J connectivity index is 2.04. The molecule has 2 N–H and O–H groups in total. The lowest BCUT2D eigenvalue weighted by atomic mass is 10.1. The van der Waals surface area contributed by atoms with Gasteiger partial charge in [-0.05, 0) is 30.2 Å². The molecule has 1 fully saturated rings. The quantitative estimate of drug-likeness (QED) is 0.648. The van der Waals surface area contributed by atoms with Crippen LogP contribution in [0.2, 0.25) is 5.02 Å². The van der Waals surface area contributed by atoms with Crippen molar-refractivity contribution in [2.24, 2.45) is 5.73 Å². The molecule has 0 bridgehead atoms. The SMILES string of the molecule is N#C/C(C(N)=O)=C1\S[C@H](Cc2ccccc2Cl)C(=O)N1c1ccccc1. The number of nitrogens with zero attached hydrogens (tertiary/aromatic N) is 2. The number of halogens is 1. The fraction of sp³-hybridized carbons (Fsp3) is 0.105. The first-order valence-corrected chi connectivity index (χ1v) is 9.02. The fourth-order valence-corrected chi connectivity index (χ4v) is 4.19. The molecule has 3 rings (SSSR count). The molecule has 5 nitrogen and oxygen atoms in total. The number of hydrogen-bond acceptors (Lipinski definition) is 4. The van der Waals surface area contributed by atoms with Gasteiger partial charge >= 0.3 is 0 Å². The predicted molar refractivity (Wildman–Crippen MR) is 102 cm³/mol. The van der Waals surface area contributed by atoms with Crippen molar-refractivity contribution in [2.45, 2.75) is 11.7 Å². The van der Waals surface area contributed by atoms with Crippen molar-refractivity contribution in [1.29, 1.82) is 5.26 Å². The summed E-state index contributed by atoms with van der Waals surface area (Å²) < 4.78 is 0. The average molecular weight is 384 g/mol. The third-order valence-corrected chi connectivity index (χ3v) is 5.53. The normalized spacial score (nSPS) is 18.5. The fourth-order valence-electron chi connectivity index (χ4n) is 2.68. The topological polar surface area (TPSA) is 87.2 Å². The molecule has 130 valence electrons. The van der Waals surface area contributed by atoms with Crippen LogP contribution in [0.1, 0.15) is 5.56 Å². The van der Waals surface area contributed by atoms with Crippen molar-refractivity contribution < 1.29 is 9.59 Å². The number of hydrogen-bond donors (Lipinski definition) is 1. The molecule has 1 saturated heterocycles. The molecule has 1 atom stereocenters. The molecule has 7 heteroatoms. The number of thioether (sulfide) groups is 1. The van der Waals surface area contributed by atoms with E-state index in [-0.39, 0.29) is 16.5 Å². The molecule has 0 spiro atoms. The second-order valence-electron chi connectivity index (χ2n) is 5.57. The summed E-state index contributed by atoms with van der Waals surface area (Å²) in [6.07, 6.45) is 0.382. The highest BCUT2D eigenvalue weighted by Gasteiger charge is 2.40. The lowest BCUT2D eigenvalue weighted by Crippen LogP contribution is -2.31. The molecule has 1 aliphatic heterocycles. The van der Waals surface area contributed by atoms with Gasteiger partial charge in [0.25, 0.3) is 5.91 Å². The molecule has 0 unspecified atom stereocenters. The van der Waals surface area contributed by atoms with Gasteiger partial charge in [-0.1, -0.05) is 59.8 Å². The van der Waals surface area contributed by atoms with Gasteiger partial charge in [0, 0.05) is 10.7 Å². The number of anilines is 1. The van der Waals surface area contributed by atoms with Gasteiger partial charge in [0.05, 0.1) is 5.25 Å². The molecule has 0 aromatic heterocycles. The molecule has 0 saturated carbocycles. The number of primary amides is 1. The van der Waals surface area contributed by atoms with E-state index in [1.807, 2.05) is 30.3 Å². The zero-order valence-electron chi connectivity index (χ0n) is 13.6. The largest absolute Gasteiger partial charge is 0.365 e. The molecule has 1 heterocycles. The molecule has 1 aliphatic rings. The maximum atomic E-state index is 13.0. The van der Waals surface area contributed by atoms with Crippen molar-refractivity contribution >= 4 is 40.9 Å². The van der Waals surface area contributed by atoms with Crippen LogP contribution in [0, 0.1) is 11.3 Å². The van der Waals surface area contributed by atoms with Crippen LogP contribution in [0.15, 0.2) is 65.2 Å². The second kappa shape index (κ2) is 7.65. The van der Waals surface area contributed by atoms with Gasteiger partial charge in [0.2, 0.25) is 5.91 Å². The van der Waals surface area contributed by atoms with Crippen LogP contribution in [0.3, 0.4) is 0 Å². The minimum Gasteiger partial charge on any atom is -0.365 e. The van der Waals surface area contributed by atoms with Gasteiger partial charge < -0.3 is 5.73 Å². The van der Waals surface area contributed by atoms with E-state index in [1.165, 1.54) is 4.90 Å². The van der Waals surface area contributed by atoms with Gasteiger partial charge in [-0.3, -0.25) is 14.5 Å². The van der Waals surface area contributed by atoms with E-state index < -0.39 is 11.2 Å². The van der Waals surface area contributed by atoms with Crippen molar-refractivity contribution in [3.05, 3.63) is 75.8 Å². The van der Waals surface area contributed by atoms with E-state index in [0.29, 0.717) is 17.1 Å². The van der Waals surface area contributed by atoms with Crippen LogP contribution in [0.4, 0.5) is 5.69 Å². The monoisotopic (exact) mass is 383 g/mol. The molecular weight excluding hydrogens is 370 g/mol. The maximum Gasteiger partial charge on any atom is 0.262 e. The number of amides is 2. The third-order valence-electron chi connectivity index (χ3n) is 3.90. The van der Waals surface area contributed by atoms with Crippen LogP contribution in [0.25, 0.3) is 0 Å². The zero-order chi connectivity index (χ0) is 18.7. The Bertz CT molecular complexity index is 937. The van der Waals surface area contributed by atoms with Crippen molar-refractivity contribution in [3.8, 4) is 6.07 Å². The standard InChI is InChI=1S/C19H14ClN3O2S/c20-15-9-5-4-6-12(15)10-16-18(25)23(13-7-2-1-3-8-13)19(26-16)14(11-21)17(22)24/h1-9,16H,10H2,(H2,22,24)/b19-14+/t16-/m1/s1. The van der Waals surface area contributed by atoms with Gasteiger partial charge in [0.15, 0.2) is 0 Å². The van der Waals surface area contributed by atoms with Crippen LogP contribution in [0.5, 0.6) is 0 Å². The smallest absolute Gasteiger partial charge is 0.262 e. The predicted octanol–water partition coefficient (Wildman–Crippen LogP) is 3.25. The van der Waals surface area contributed by atoms with Gasteiger partial charge in [0.1, 0.15) is 16.7 Å². The summed E-state index contributed by atoms with van der Waals surface area (Å²) in [4.78, 5) is 26.1. The minimum atomic E-state index is -0.859. The molecule has 2 amide bonds. The van der Waals surface area contributed by atoms with Gasteiger partial charge in [-0.25, -0.2) is 0 Å². The van der Waals surface area contributed by atoms with Crippen LogP contribution < -0.4 is 10.6 Å². The average Bonchev–Trinajstić information content (AvgIpc) is 2.94. The highest BCUT2D eigenvalue weighted by molar-refractivity contribution is 8.05. The number of rotatable bonds is 4. The van der Waals surface area contributed by atoms with E-state index in [4.69, 9.17) is 17.3 Å². The molecule has 26 heavy (non-hydrogen) atoms. The molecule has 2 aromatic rings. The summed E-state index contributed by atoms with van der Waals surface area (Å²) >= 11 is 7.37. The van der Waals surface area contributed by atoms with Crippen molar-refractivity contribution in [1.82, 2.24) is 0 Å².